The van der Waals surface area contributed by atoms with Gasteiger partial charge >= 0.3 is 0 Å². The fraction of sp³-hybridized carbons (Fsp3) is 0.400. The van der Waals surface area contributed by atoms with E-state index < -0.39 is 10.0 Å². The van der Waals surface area contributed by atoms with Gasteiger partial charge in [-0.25, -0.2) is 13.1 Å². The van der Waals surface area contributed by atoms with Gasteiger partial charge in [-0.05, 0) is 12.5 Å². The van der Waals surface area contributed by atoms with Crippen LogP contribution in [0.5, 0.6) is 0 Å². The molecular formula is C10H17N5O3S. The van der Waals surface area contributed by atoms with Crippen LogP contribution in [0, 0.1) is 0 Å². The number of carbonyl (C=O) groups is 1. The maximum absolute atomic E-state index is 11.8. The van der Waals surface area contributed by atoms with Crippen LogP contribution in [0.1, 0.15) is 16.8 Å². The Morgan fingerprint density at radius 3 is 2.79 bits per heavy atom. The summed E-state index contributed by atoms with van der Waals surface area (Å²) in [5, 5.41) is 2.65. The average molecular weight is 287 g/mol. The zero-order valence-corrected chi connectivity index (χ0v) is 11.3. The van der Waals surface area contributed by atoms with E-state index in [0.717, 1.165) is 6.26 Å². The molecule has 5 N–H and O–H groups in total. The van der Waals surface area contributed by atoms with E-state index in [2.05, 4.69) is 20.4 Å². The zero-order valence-electron chi connectivity index (χ0n) is 10.5. The topological polar surface area (TPSA) is 126 Å². The van der Waals surface area contributed by atoms with Crippen LogP contribution in [0.3, 0.4) is 0 Å². The molecule has 0 aliphatic heterocycles. The maximum atomic E-state index is 11.8. The molecule has 1 amide bonds. The minimum absolute atomic E-state index is 0.272. The summed E-state index contributed by atoms with van der Waals surface area (Å²) in [5.41, 5.74) is 3.21. The summed E-state index contributed by atoms with van der Waals surface area (Å²) in [4.78, 5) is 15.6. The maximum Gasteiger partial charge on any atom is 0.255 e. The Labute approximate surface area is 111 Å². The number of nitrogens with two attached hydrogens (primary N) is 1. The van der Waals surface area contributed by atoms with E-state index >= 15 is 0 Å². The number of hydrogen-bond donors (Lipinski definition) is 4. The van der Waals surface area contributed by atoms with E-state index in [4.69, 9.17) is 5.84 Å². The smallest absolute Gasteiger partial charge is 0.255 e. The standard InChI is InChI=1S/C10H17N5O3S/c1-19(17,18)14-5-2-4-13-10(16)8-7-12-6-3-9(8)15-11/h3,6-7,14H,2,4-5,11H2,1H3,(H,12,15)(H,13,16). The summed E-state index contributed by atoms with van der Waals surface area (Å²) in [6.07, 6.45) is 4.49. The molecule has 9 heteroatoms. The van der Waals surface area contributed by atoms with Crippen LogP contribution in [0.25, 0.3) is 0 Å². The van der Waals surface area contributed by atoms with Crippen molar-refractivity contribution in [1.29, 1.82) is 0 Å². The van der Waals surface area contributed by atoms with Gasteiger partial charge in [0.15, 0.2) is 0 Å². The molecule has 0 radical (unpaired) electrons. The highest BCUT2D eigenvalue weighted by atomic mass is 32.2. The molecule has 0 aromatic carbocycles. The first-order chi connectivity index (χ1) is 8.94. The molecule has 0 atom stereocenters. The third-order valence-electron chi connectivity index (χ3n) is 2.22. The lowest BCUT2D eigenvalue weighted by atomic mass is 10.2. The van der Waals surface area contributed by atoms with Crippen molar-refractivity contribution in [2.75, 3.05) is 24.8 Å². The van der Waals surface area contributed by atoms with Crippen molar-refractivity contribution < 1.29 is 13.2 Å². The molecule has 1 aromatic heterocycles. The number of carbonyl (C=O) groups excluding carboxylic acids is 1. The fourth-order valence-corrected chi connectivity index (χ4v) is 1.86. The highest BCUT2D eigenvalue weighted by Crippen LogP contribution is 2.11. The first-order valence-electron chi connectivity index (χ1n) is 5.57. The number of pyridine rings is 1. The Kier molecular flexibility index (Phi) is 5.67. The molecule has 0 saturated carbocycles. The Morgan fingerprint density at radius 1 is 1.42 bits per heavy atom. The molecule has 0 spiro atoms. The van der Waals surface area contributed by atoms with Gasteiger partial charge in [-0.15, -0.1) is 0 Å². The molecule has 1 heterocycles. The van der Waals surface area contributed by atoms with Gasteiger partial charge in [-0.1, -0.05) is 0 Å². The molecule has 0 aliphatic carbocycles. The normalized spacial score (nSPS) is 11.1. The van der Waals surface area contributed by atoms with Gasteiger partial charge in [0, 0.05) is 25.5 Å². The number of rotatable bonds is 7. The second-order valence-corrected chi connectivity index (χ2v) is 5.67. The van der Waals surface area contributed by atoms with Crippen molar-refractivity contribution in [3.63, 3.8) is 0 Å². The van der Waals surface area contributed by atoms with Crippen molar-refractivity contribution in [3.05, 3.63) is 24.0 Å². The number of nitrogen functional groups attached to an aromatic ring is 1. The number of sulfonamides is 1. The van der Waals surface area contributed by atoms with Crippen LogP contribution < -0.4 is 21.3 Å². The number of nitrogens with one attached hydrogen (secondary N) is 3. The summed E-state index contributed by atoms with van der Waals surface area (Å²) in [6, 6.07) is 1.58. The van der Waals surface area contributed by atoms with Gasteiger partial charge in [-0.3, -0.25) is 15.6 Å². The van der Waals surface area contributed by atoms with Gasteiger partial charge in [-0.2, -0.15) is 0 Å². The van der Waals surface area contributed by atoms with E-state index in [1.54, 1.807) is 6.07 Å². The minimum Gasteiger partial charge on any atom is -0.352 e. The average Bonchev–Trinajstić information content (AvgIpc) is 2.36. The van der Waals surface area contributed by atoms with Crippen LogP contribution in [0.2, 0.25) is 0 Å². The number of hydrazine groups is 1. The molecule has 8 nitrogen and oxygen atoms in total. The SMILES string of the molecule is CS(=O)(=O)NCCCNC(=O)c1cnccc1NN. The summed E-state index contributed by atoms with van der Waals surface area (Å²) < 4.78 is 23.9. The molecule has 0 aliphatic rings. The predicted octanol–water partition coefficient (Wildman–Crippen LogP) is -0.964. The quantitative estimate of drug-likeness (QED) is 0.290. The first kappa shape index (κ1) is 15.3. The van der Waals surface area contributed by atoms with Gasteiger partial charge in [0.2, 0.25) is 10.0 Å². The van der Waals surface area contributed by atoms with Gasteiger partial charge in [0.1, 0.15) is 0 Å². The van der Waals surface area contributed by atoms with Crippen molar-refractivity contribution in [2.24, 2.45) is 5.84 Å². The van der Waals surface area contributed by atoms with E-state index in [1.807, 2.05) is 0 Å². The number of hydrogen-bond acceptors (Lipinski definition) is 6. The Hall–Kier alpha value is -1.71. The first-order valence-corrected chi connectivity index (χ1v) is 7.46. The van der Waals surface area contributed by atoms with Gasteiger partial charge in [0.05, 0.1) is 17.5 Å². The molecule has 0 saturated heterocycles. The Bertz CT molecular complexity index is 532. The van der Waals surface area contributed by atoms with E-state index in [0.29, 0.717) is 24.2 Å². The fourth-order valence-electron chi connectivity index (χ4n) is 1.34. The van der Waals surface area contributed by atoms with Crippen molar-refractivity contribution in [1.82, 2.24) is 15.0 Å². The van der Waals surface area contributed by atoms with Crippen LogP contribution in [0.4, 0.5) is 5.69 Å². The highest BCUT2D eigenvalue weighted by Gasteiger charge is 2.10. The van der Waals surface area contributed by atoms with Crippen LogP contribution in [-0.4, -0.2) is 38.7 Å². The summed E-state index contributed by atoms with van der Waals surface area (Å²) >= 11 is 0. The van der Waals surface area contributed by atoms with Crippen molar-refractivity contribution in [2.45, 2.75) is 6.42 Å². The molecule has 1 rings (SSSR count). The third kappa shape index (κ3) is 5.64. The van der Waals surface area contributed by atoms with Crippen molar-refractivity contribution >= 4 is 21.6 Å². The Morgan fingerprint density at radius 2 is 2.16 bits per heavy atom. The van der Waals surface area contributed by atoms with Gasteiger partial charge in [0.25, 0.3) is 5.91 Å². The molecule has 1 aromatic rings. The lowest BCUT2D eigenvalue weighted by Crippen LogP contribution is -2.30. The van der Waals surface area contributed by atoms with E-state index in [-0.39, 0.29) is 12.5 Å². The monoisotopic (exact) mass is 287 g/mol. The number of amides is 1. The summed E-state index contributed by atoms with van der Waals surface area (Å²) in [7, 11) is -3.19. The van der Waals surface area contributed by atoms with E-state index in [1.165, 1.54) is 12.4 Å². The third-order valence-corrected chi connectivity index (χ3v) is 2.95. The van der Waals surface area contributed by atoms with Crippen LogP contribution in [-0.2, 0) is 10.0 Å². The molecule has 0 fully saturated rings. The molecule has 19 heavy (non-hydrogen) atoms. The van der Waals surface area contributed by atoms with Crippen LogP contribution >= 0.6 is 0 Å². The second-order valence-electron chi connectivity index (χ2n) is 3.84. The Balaban J connectivity index is 2.39. The highest BCUT2D eigenvalue weighted by molar-refractivity contribution is 7.88. The molecular weight excluding hydrogens is 270 g/mol. The largest absolute Gasteiger partial charge is 0.352 e. The lowest BCUT2D eigenvalue weighted by Gasteiger charge is -2.08. The number of anilines is 1. The second kappa shape index (κ2) is 7.02. The van der Waals surface area contributed by atoms with Gasteiger partial charge < -0.3 is 10.7 Å². The van der Waals surface area contributed by atoms with Crippen LogP contribution in [0.15, 0.2) is 18.5 Å². The number of aromatic nitrogens is 1. The minimum atomic E-state index is -3.19. The zero-order chi connectivity index (χ0) is 14.3. The molecule has 0 unspecified atom stereocenters. The molecule has 106 valence electrons. The summed E-state index contributed by atoms with van der Waals surface area (Å²) in [6.45, 7) is 0.619. The lowest BCUT2D eigenvalue weighted by molar-refractivity contribution is 0.0954. The molecule has 0 bridgehead atoms. The van der Waals surface area contributed by atoms with E-state index in [9.17, 15) is 13.2 Å². The number of nitrogens with zero attached hydrogens (tertiary/aromatic N) is 1. The summed E-state index contributed by atoms with van der Waals surface area (Å²) in [5.74, 6) is 4.96. The van der Waals surface area contributed by atoms with Crippen molar-refractivity contribution in [3.8, 4) is 0 Å². The predicted molar refractivity (Wildman–Crippen MR) is 71.8 cm³/mol.